The van der Waals surface area contributed by atoms with Gasteiger partial charge >= 0.3 is 0 Å². The lowest BCUT2D eigenvalue weighted by atomic mass is 9.50. The van der Waals surface area contributed by atoms with E-state index in [0.717, 1.165) is 18.6 Å². The van der Waals surface area contributed by atoms with Gasteiger partial charge in [0.05, 0.1) is 13.7 Å². The van der Waals surface area contributed by atoms with E-state index in [1.165, 1.54) is 30.4 Å². The van der Waals surface area contributed by atoms with Crippen LogP contribution >= 0.6 is 0 Å². The molecule has 1 aromatic rings. The first-order chi connectivity index (χ1) is 10.5. The second kappa shape index (κ2) is 5.55. The van der Waals surface area contributed by atoms with Gasteiger partial charge < -0.3 is 4.74 Å². The summed E-state index contributed by atoms with van der Waals surface area (Å²) in [6, 6.07) is 6.53. The number of fused-ring (bicyclic) bond motifs is 3. The Morgan fingerprint density at radius 1 is 1.36 bits per heavy atom. The van der Waals surface area contributed by atoms with Crippen LogP contribution in [0.5, 0.6) is 5.75 Å². The van der Waals surface area contributed by atoms with Crippen LogP contribution in [0.25, 0.3) is 0 Å². The van der Waals surface area contributed by atoms with Gasteiger partial charge in [-0.05, 0) is 65.7 Å². The predicted octanol–water partition coefficient (Wildman–Crippen LogP) is 4.04. The maximum Gasteiger partial charge on any atom is 0.234 e. The summed E-state index contributed by atoms with van der Waals surface area (Å²) in [4.78, 5) is 14.6. The lowest BCUT2D eigenvalue weighted by Gasteiger charge is -2.55. The van der Waals surface area contributed by atoms with Gasteiger partial charge in [0.2, 0.25) is 6.08 Å². The van der Waals surface area contributed by atoms with E-state index in [1.807, 2.05) is 0 Å². The average Bonchev–Trinajstić information content (AvgIpc) is 2.52. The SMILES string of the molecule is COc1ccc2c(c1)C1(C)CCCC(C)(CN=C=O)C1CC2. The van der Waals surface area contributed by atoms with Crippen molar-refractivity contribution in [1.29, 1.82) is 0 Å². The molecule has 3 unspecified atom stereocenters. The van der Waals surface area contributed by atoms with Gasteiger partial charge in [0.1, 0.15) is 5.75 Å². The smallest absolute Gasteiger partial charge is 0.234 e. The molecule has 0 aromatic heterocycles. The molecule has 3 nitrogen and oxygen atoms in total. The lowest BCUT2D eigenvalue weighted by molar-refractivity contribution is 0.0329. The lowest BCUT2D eigenvalue weighted by Crippen LogP contribution is -2.50. The fourth-order valence-corrected chi connectivity index (χ4v) is 5.10. The molecule has 2 aliphatic carbocycles. The zero-order valence-corrected chi connectivity index (χ0v) is 13.8. The molecule has 0 N–H and O–H groups in total. The van der Waals surface area contributed by atoms with E-state index in [1.54, 1.807) is 13.2 Å². The molecule has 0 bridgehead atoms. The minimum Gasteiger partial charge on any atom is -0.497 e. The summed E-state index contributed by atoms with van der Waals surface area (Å²) < 4.78 is 5.45. The molecule has 0 aliphatic heterocycles. The summed E-state index contributed by atoms with van der Waals surface area (Å²) in [5, 5.41) is 0. The van der Waals surface area contributed by atoms with Gasteiger partial charge in [0.15, 0.2) is 0 Å². The number of nitrogens with zero attached hydrogens (tertiary/aromatic N) is 1. The summed E-state index contributed by atoms with van der Waals surface area (Å²) >= 11 is 0. The molecule has 0 amide bonds. The Balaban J connectivity index is 2.05. The van der Waals surface area contributed by atoms with Gasteiger partial charge in [-0.25, -0.2) is 9.79 Å². The third-order valence-corrected chi connectivity index (χ3v) is 6.19. The van der Waals surface area contributed by atoms with Crippen molar-refractivity contribution in [3.05, 3.63) is 29.3 Å². The highest BCUT2D eigenvalue weighted by molar-refractivity contribution is 5.44. The van der Waals surface area contributed by atoms with Crippen LogP contribution in [0.15, 0.2) is 23.2 Å². The number of rotatable bonds is 3. The van der Waals surface area contributed by atoms with Crippen molar-refractivity contribution in [2.24, 2.45) is 16.3 Å². The number of aliphatic imine (C=N–C) groups is 1. The highest BCUT2D eigenvalue weighted by Gasteiger charge is 2.51. The van der Waals surface area contributed by atoms with Gasteiger partial charge in [0.25, 0.3) is 0 Å². The highest BCUT2D eigenvalue weighted by atomic mass is 16.5. The zero-order chi connectivity index (χ0) is 15.8. The highest BCUT2D eigenvalue weighted by Crippen LogP contribution is 2.57. The second-order valence-corrected chi connectivity index (χ2v) is 7.45. The number of hydrogen-bond donors (Lipinski definition) is 0. The fraction of sp³-hybridized carbons (Fsp3) is 0.632. The summed E-state index contributed by atoms with van der Waals surface area (Å²) in [5.41, 5.74) is 3.17. The average molecular weight is 299 g/mol. The van der Waals surface area contributed by atoms with E-state index in [4.69, 9.17) is 4.74 Å². The van der Waals surface area contributed by atoms with E-state index < -0.39 is 0 Å². The molecule has 3 atom stereocenters. The van der Waals surface area contributed by atoms with Gasteiger partial charge in [-0.3, -0.25) is 0 Å². The quantitative estimate of drug-likeness (QED) is 0.624. The normalized spacial score (nSPS) is 33.3. The van der Waals surface area contributed by atoms with Crippen LogP contribution < -0.4 is 4.74 Å². The topological polar surface area (TPSA) is 38.7 Å². The fourth-order valence-electron chi connectivity index (χ4n) is 5.10. The Kier molecular flexibility index (Phi) is 3.86. The van der Waals surface area contributed by atoms with E-state index >= 15 is 0 Å². The summed E-state index contributed by atoms with van der Waals surface area (Å²) in [6.07, 6.45) is 7.58. The Bertz CT molecular complexity index is 620. The standard InChI is InChI=1S/C19H25NO2/c1-18(12-20-13-21)9-4-10-19(2)16-11-15(22-3)7-5-14(16)6-8-17(18)19/h5,7,11,17H,4,6,8-10,12H2,1-3H3. The Morgan fingerprint density at radius 2 is 2.18 bits per heavy atom. The van der Waals surface area contributed by atoms with Crippen molar-refractivity contribution >= 4 is 6.08 Å². The molecule has 0 saturated heterocycles. The van der Waals surface area contributed by atoms with E-state index in [2.05, 4.69) is 37.0 Å². The first kappa shape index (κ1) is 15.3. The Morgan fingerprint density at radius 3 is 2.91 bits per heavy atom. The van der Waals surface area contributed by atoms with Crippen molar-refractivity contribution in [3.63, 3.8) is 0 Å². The molecule has 0 spiro atoms. The molecule has 1 fully saturated rings. The molecule has 1 aromatic carbocycles. The third-order valence-electron chi connectivity index (χ3n) is 6.19. The second-order valence-electron chi connectivity index (χ2n) is 7.45. The Labute approximate surface area is 132 Å². The largest absolute Gasteiger partial charge is 0.497 e. The van der Waals surface area contributed by atoms with Gasteiger partial charge in [-0.1, -0.05) is 26.3 Å². The van der Waals surface area contributed by atoms with Gasteiger partial charge in [0, 0.05) is 0 Å². The number of ether oxygens (including phenoxy) is 1. The number of isocyanates is 1. The molecule has 0 heterocycles. The predicted molar refractivity (Wildman–Crippen MR) is 87.1 cm³/mol. The summed E-state index contributed by atoms with van der Waals surface area (Å²) in [5.74, 6) is 1.50. The van der Waals surface area contributed by atoms with Crippen LogP contribution in [0, 0.1) is 11.3 Å². The maximum atomic E-state index is 10.6. The van der Waals surface area contributed by atoms with Crippen molar-refractivity contribution in [2.75, 3.05) is 13.7 Å². The van der Waals surface area contributed by atoms with Crippen molar-refractivity contribution in [2.45, 2.75) is 51.4 Å². The number of methoxy groups -OCH3 is 1. The van der Waals surface area contributed by atoms with Crippen molar-refractivity contribution in [3.8, 4) is 5.75 Å². The zero-order valence-electron chi connectivity index (χ0n) is 13.8. The van der Waals surface area contributed by atoms with Crippen molar-refractivity contribution < 1.29 is 9.53 Å². The van der Waals surface area contributed by atoms with Crippen LogP contribution in [0.1, 0.15) is 50.7 Å². The van der Waals surface area contributed by atoms with Crippen LogP contribution in [-0.2, 0) is 16.6 Å². The minimum absolute atomic E-state index is 0.102. The number of aryl methyl sites for hydroxylation is 1. The first-order valence-electron chi connectivity index (χ1n) is 8.24. The van der Waals surface area contributed by atoms with Crippen LogP contribution in [0.2, 0.25) is 0 Å². The minimum atomic E-state index is 0.102. The maximum absolute atomic E-state index is 10.6. The molecular weight excluding hydrogens is 274 g/mol. The molecule has 1 saturated carbocycles. The van der Waals surface area contributed by atoms with E-state index in [0.29, 0.717) is 12.5 Å². The first-order valence-corrected chi connectivity index (χ1v) is 8.24. The van der Waals surface area contributed by atoms with E-state index in [-0.39, 0.29) is 10.8 Å². The van der Waals surface area contributed by atoms with Crippen molar-refractivity contribution in [1.82, 2.24) is 0 Å². The number of benzene rings is 1. The van der Waals surface area contributed by atoms with Gasteiger partial charge in [-0.2, -0.15) is 0 Å². The monoisotopic (exact) mass is 299 g/mol. The van der Waals surface area contributed by atoms with Crippen LogP contribution in [0.4, 0.5) is 0 Å². The molecule has 3 rings (SSSR count). The Hall–Kier alpha value is -1.60. The number of hydrogen-bond acceptors (Lipinski definition) is 3. The van der Waals surface area contributed by atoms with Crippen LogP contribution in [0.3, 0.4) is 0 Å². The third kappa shape index (κ3) is 2.28. The molecule has 2 aliphatic rings. The summed E-state index contributed by atoms with van der Waals surface area (Å²) in [7, 11) is 1.73. The molecule has 0 radical (unpaired) electrons. The molecule has 3 heteroatoms. The molecule has 22 heavy (non-hydrogen) atoms. The summed E-state index contributed by atoms with van der Waals surface area (Å²) in [6.45, 7) is 5.31. The van der Waals surface area contributed by atoms with Gasteiger partial charge in [-0.15, -0.1) is 0 Å². The molecular formula is C19H25NO2. The number of carbonyl (C=O) groups excluding carboxylic acids is 1. The van der Waals surface area contributed by atoms with Crippen LogP contribution in [-0.4, -0.2) is 19.7 Å². The molecule has 118 valence electrons. The van der Waals surface area contributed by atoms with E-state index in [9.17, 15) is 4.79 Å².